The van der Waals surface area contributed by atoms with E-state index in [2.05, 4.69) is 0 Å². The van der Waals surface area contributed by atoms with Gasteiger partial charge in [-0.3, -0.25) is 14.5 Å². The summed E-state index contributed by atoms with van der Waals surface area (Å²) in [6.45, 7) is 4.52. The molecule has 38 heavy (non-hydrogen) atoms. The molecule has 0 aliphatic carbocycles. The van der Waals surface area contributed by atoms with Crippen LogP contribution in [0.5, 0.6) is 17.2 Å². The lowest BCUT2D eigenvalue weighted by molar-refractivity contribution is -0.132. The van der Waals surface area contributed by atoms with Crippen molar-refractivity contribution in [2.24, 2.45) is 0 Å². The molecule has 1 aliphatic rings. The number of aliphatic hydroxyl groups excluding tert-OH is 1. The predicted molar refractivity (Wildman–Crippen MR) is 146 cm³/mol. The Morgan fingerprint density at radius 3 is 2.26 bits per heavy atom. The Labute approximate surface area is 220 Å². The Morgan fingerprint density at radius 1 is 0.842 bits per heavy atom. The van der Waals surface area contributed by atoms with E-state index in [1.165, 1.54) is 17.0 Å². The molecule has 4 aromatic rings. The maximum atomic E-state index is 13.6. The molecule has 1 amide bonds. The fourth-order valence-corrected chi connectivity index (χ4v) is 4.84. The highest BCUT2D eigenvalue weighted by atomic mass is 16.5. The second-order valence-electron chi connectivity index (χ2n) is 8.78. The van der Waals surface area contributed by atoms with E-state index in [1.807, 2.05) is 44.2 Å². The zero-order chi connectivity index (χ0) is 26.8. The number of carbonyl (C=O) groups excluding carboxylic acids is 2. The minimum absolute atomic E-state index is 0.0381. The summed E-state index contributed by atoms with van der Waals surface area (Å²) >= 11 is 0. The van der Waals surface area contributed by atoms with Crippen molar-refractivity contribution in [3.8, 4) is 17.2 Å². The van der Waals surface area contributed by atoms with Crippen molar-refractivity contribution in [3.05, 3.63) is 102 Å². The SMILES string of the molecule is CCOc1ccc(N2C(=O)C(=O)/C(=C(\O)c3cccc4ccccc34)C2c2ccc(O)cc2)cc1OCC. The van der Waals surface area contributed by atoms with Crippen molar-refractivity contribution in [2.45, 2.75) is 19.9 Å². The molecule has 1 unspecified atom stereocenters. The normalized spacial score (nSPS) is 16.7. The smallest absolute Gasteiger partial charge is 0.300 e. The van der Waals surface area contributed by atoms with Gasteiger partial charge >= 0.3 is 0 Å². The summed E-state index contributed by atoms with van der Waals surface area (Å²) < 4.78 is 11.4. The topological polar surface area (TPSA) is 96.3 Å². The Bertz CT molecular complexity index is 1550. The van der Waals surface area contributed by atoms with Gasteiger partial charge in [0.1, 0.15) is 11.5 Å². The second-order valence-corrected chi connectivity index (χ2v) is 8.78. The van der Waals surface area contributed by atoms with Gasteiger partial charge in [-0.2, -0.15) is 0 Å². The number of phenolic OH excluding ortho intramolecular Hbond substituents is 1. The van der Waals surface area contributed by atoms with Gasteiger partial charge in [-0.1, -0.05) is 54.6 Å². The summed E-state index contributed by atoms with van der Waals surface area (Å²) in [7, 11) is 0. The molecule has 7 heteroatoms. The van der Waals surface area contributed by atoms with Gasteiger partial charge in [0.2, 0.25) is 0 Å². The average molecular weight is 510 g/mol. The maximum Gasteiger partial charge on any atom is 0.300 e. The van der Waals surface area contributed by atoms with Gasteiger partial charge in [-0.25, -0.2) is 0 Å². The molecule has 1 fully saturated rings. The van der Waals surface area contributed by atoms with Crippen molar-refractivity contribution in [2.75, 3.05) is 18.1 Å². The van der Waals surface area contributed by atoms with Crippen molar-refractivity contribution in [3.63, 3.8) is 0 Å². The van der Waals surface area contributed by atoms with Crippen LogP contribution >= 0.6 is 0 Å². The summed E-state index contributed by atoms with van der Waals surface area (Å²) in [6.07, 6.45) is 0. The highest BCUT2D eigenvalue weighted by molar-refractivity contribution is 6.51. The number of rotatable bonds is 7. The minimum Gasteiger partial charge on any atom is -0.508 e. The van der Waals surface area contributed by atoms with Gasteiger partial charge in [0, 0.05) is 17.3 Å². The molecule has 1 saturated heterocycles. The van der Waals surface area contributed by atoms with Gasteiger partial charge in [-0.15, -0.1) is 0 Å². The Morgan fingerprint density at radius 2 is 1.53 bits per heavy atom. The van der Waals surface area contributed by atoms with E-state index in [4.69, 9.17) is 9.47 Å². The van der Waals surface area contributed by atoms with E-state index in [0.717, 1.165) is 10.8 Å². The van der Waals surface area contributed by atoms with E-state index >= 15 is 0 Å². The second kappa shape index (κ2) is 10.3. The summed E-state index contributed by atoms with van der Waals surface area (Å²) in [5, 5.41) is 23.1. The van der Waals surface area contributed by atoms with Gasteiger partial charge in [0.25, 0.3) is 11.7 Å². The van der Waals surface area contributed by atoms with Crippen LogP contribution in [0, 0.1) is 0 Å². The van der Waals surface area contributed by atoms with Crippen LogP contribution < -0.4 is 14.4 Å². The van der Waals surface area contributed by atoms with Crippen molar-refractivity contribution < 1.29 is 29.3 Å². The first-order valence-corrected chi connectivity index (χ1v) is 12.4. The molecule has 0 spiro atoms. The molecular weight excluding hydrogens is 482 g/mol. The van der Waals surface area contributed by atoms with Crippen LogP contribution in [0.2, 0.25) is 0 Å². The van der Waals surface area contributed by atoms with Crippen LogP contribution in [0.25, 0.3) is 16.5 Å². The highest BCUT2D eigenvalue weighted by Crippen LogP contribution is 2.45. The number of aromatic hydroxyl groups is 1. The molecule has 0 aromatic heterocycles. The first kappa shape index (κ1) is 24.9. The molecule has 0 radical (unpaired) electrons. The van der Waals surface area contributed by atoms with Crippen LogP contribution in [-0.2, 0) is 9.59 Å². The van der Waals surface area contributed by atoms with Gasteiger partial charge in [0.15, 0.2) is 11.5 Å². The molecule has 1 heterocycles. The number of benzene rings is 4. The molecule has 5 rings (SSSR count). The number of anilines is 1. The molecule has 1 aliphatic heterocycles. The highest BCUT2D eigenvalue weighted by Gasteiger charge is 2.47. The summed E-state index contributed by atoms with van der Waals surface area (Å²) in [5.74, 6) is -0.855. The first-order valence-electron chi connectivity index (χ1n) is 12.4. The van der Waals surface area contributed by atoms with E-state index in [1.54, 1.807) is 42.5 Å². The number of amides is 1. The van der Waals surface area contributed by atoms with Crippen LogP contribution in [0.4, 0.5) is 5.69 Å². The number of ether oxygens (including phenoxy) is 2. The van der Waals surface area contributed by atoms with Crippen LogP contribution in [0.3, 0.4) is 0 Å². The van der Waals surface area contributed by atoms with Gasteiger partial charge < -0.3 is 19.7 Å². The maximum absolute atomic E-state index is 13.6. The number of carbonyl (C=O) groups is 2. The summed E-state index contributed by atoms with van der Waals surface area (Å²) in [5.41, 5.74) is 1.38. The van der Waals surface area contributed by atoms with Crippen molar-refractivity contribution in [1.29, 1.82) is 0 Å². The molecule has 4 aromatic carbocycles. The van der Waals surface area contributed by atoms with E-state index in [-0.39, 0.29) is 17.1 Å². The molecule has 192 valence electrons. The van der Waals surface area contributed by atoms with E-state index in [9.17, 15) is 19.8 Å². The van der Waals surface area contributed by atoms with Crippen LogP contribution in [0.1, 0.15) is 31.0 Å². The van der Waals surface area contributed by atoms with Crippen LogP contribution in [0.15, 0.2) is 90.5 Å². The van der Waals surface area contributed by atoms with Crippen molar-refractivity contribution >= 4 is 33.9 Å². The molecule has 2 N–H and O–H groups in total. The quantitative estimate of drug-likeness (QED) is 0.181. The third kappa shape index (κ3) is 4.32. The third-order valence-electron chi connectivity index (χ3n) is 6.50. The van der Waals surface area contributed by atoms with E-state index < -0.39 is 17.7 Å². The average Bonchev–Trinajstić information content (AvgIpc) is 3.19. The number of ketones is 1. The number of phenols is 1. The van der Waals surface area contributed by atoms with Gasteiger partial charge in [0.05, 0.1) is 24.8 Å². The van der Waals surface area contributed by atoms with Gasteiger partial charge in [-0.05, 0) is 54.4 Å². The first-order chi connectivity index (χ1) is 18.4. The number of nitrogens with zero attached hydrogens (tertiary/aromatic N) is 1. The third-order valence-corrected chi connectivity index (χ3v) is 6.50. The Hall–Kier alpha value is -4.78. The minimum atomic E-state index is -0.943. The number of aliphatic hydroxyl groups is 1. The zero-order valence-electron chi connectivity index (χ0n) is 21.0. The lowest BCUT2D eigenvalue weighted by Gasteiger charge is -2.26. The molecule has 0 bridgehead atoms. The lowest BCUT2D eigenvalue weighted by Crippen LogP contribution is -2.29. The molecule has 7 nitrogen and oxygen atoms in total. The lowest BCUT2D eigenvalue weighted by atomic mass is 9.93. The zero-order valence-corrected chi connectivity index (χ0v) is 21.0. The largest absolute Gasteiger partial charge is 0.508 e. The van der Waals surface area contributed by atoms with E-state index in [0.29, 0.717) is 41.5 Å². The molecule has 0 saturated carbocycles. The number of Topliss-reactive ketones (excluding diaryl/α,β-unsaturated/α-hetero) is 1. The fraction of sp³-hybridized carbons (Fsp3) is 0.161. The molecular formula is C31H27NO6. The predicted octanol–water partition coefficient (Wildman–Crippen LogP) is 5.97. The Kier molecular flexibility index (Phi) is 6.75. The van der Waals surface area contributed by atoms with Crippen LogP contribution in [-0.4, -0.2) is 35.1 Å². The summed E-state index contributed by atoms with van der Waals surface area (Å²) in [6, 6.07) is 23.3. The monoisotopic (exact) mass is 509 g/mol. The number of fused-ring (bicyclic) bond motifs is 1. The Balaban J connectivity index is 1.73. The molecule has 1 atom stereocenters. The van der Waals surface area contributed by atoms with Crippen molar-refractivity contribution in [1.82, 2.24) is 0 Å². The standard InChI is InChI=1S/C31H27NO6/c1-3-37-25-17-14-21(18-26(25)38-4-2)32-28(20-12-15-22(33)16-13-20)27(30(35)31(32)36)29(34)24-11-7-9-19-8-5-6-10-23(19)24/h5-18,28,33-34H,3-4H2,1-2H3/b29-27-. The number of hydrogen-bond donors (Lipinski definition) is 2. The number of hydrogen-bond acceptors (Lipinski definition) is 6. The fourth-order valence-electron chi connectivity index (χ4n) is 4.84. The summed E-state index contributed by atoms with van der Waals surface area (Å²) in [4.78, 5) is 28.5.